The van der Waals surface area contributed by atoms with Gasteiger partial charge in [0.15, 0.2) is 0 Å². The SMILES string of the molecule is CCN(CC)C(=O)CNC(=O)NCC1(CC(=O)O)CCC1. The summed E-state index contributed by atoms with van der Waals surface area (Å²) in [5.74, 6) is -0.965. The van der Waals surface area contributed by atoms with Crippen LogP contribution in [0.1, 0.15) is 39.5 Å². The van der Waals surface area contributed by atoms with Gasteiger partial charge in [-0.15, -0.1) is 0 Å². The van der Waals surface area contributed by atoms with Crippen LogP contribution in [-0.4, -0.2) is 54.1 Å². The fourth-order valence-corrected chi connectivity index (χ4v) is 2.59. The van der Waals surface area contributed by atoms with Crippen LogP contribution >= 0.6 is 0 Å². The molecule has 0 spiro atoms. The van der Waals surface area contributed by atoms with Crippen LogP contribution in [0.15, 0.2) is 0 Å². The second kappa shape index (κ2) is 7.85. The van der Waals surface area contributed by atoms with Crippen molar-refractivity contribution in [2.24, 2.45) is 5.41 Å². The van der Waals surface area contributed by atoms with Crippen molar-refractivity contribution < 1.29 is 19.5 Å². The Labute approximate surface area is 125 Å². The quantitative estimate of drug-likeness (QED) is 0.617. The van der Waals surface area contributed by atoms with Crippen molar-refractivity contribution in [3.8, 4) is 0 Å². The Kier molecular flexibility index (Phi) is 6.45. The largest absolute Gasteiger partial charge is 0.481 e. The molecule has 0 radical (unpaired) electrons. The van der Waals surface area contributed by atoms with Crippen LogP contribution < -0.4 is 10.6 Å². The van der Waals surface area contributed by atoms with Crippen LogP contribution in [0.25, 0.3) is 0 Å². The topological polar surface area (TPSA) is 98.7 Å². The van der Waals surface area contributed by atoms with Gasteiger partial charge in [-0.05, 0) is 32.1 Å². The van der Waals surface area contributed by atoms with E-state index in [0.29, 0.717) is 19.6 Å². The molecule has 0 atom stereocenters. The van der Waals surface area contributed by atoms with Crippen molar-refractivity contribution in [1.82, 2.24) is 15.5 Å². The van der Waals surface area contributed by atoms with Gasteiger partial charge in [-0.3, -0.25) is 9.59 Å². The number of carbonyl (C=O) groups excluding carboxylic acids is 2. The van der Waals surface area contributed by atoms with Crippen LogP contribution in [0.4, 0.5) is 4.79 Å². The Morgan fingerprint density at radius 1 is 1.14 bits per heavy atom. The van der Waals surface area contributed by atoms with Gasteiger partial charge in [0.2, 0.25) is 5.91 Å². The molecule has 1 aliphatic carbocycles. The van der Waals surface area contributed by atoms with E-state index >= 15 is 0 Å². The zero-order valence-corrected chi connectivity index (χ0v) is 12.8. The molecule has 0 bridgehead atoms. The van der Waals surface area contributed by atoms with Gasteiger partial charge in [-0.1, -0.05) is 6.42 Å². The molecule has 7 nitrogen and oxygen atoms in total. The number of carboxylic acid groups (broad SMARTS) is 1. The summed E-state index contributed by atoms with van der Waals surface area (Å²) >= 11 is 0. The molecule has 1 rings (SSSR count). The first kappa shape index (κ1) is 17.3. The molecule has 7 heteroatoms. The standard InChI is InChI=1S/C14H25N3O4/c1-3-17(4-2)11(18)9-15-13(21)16-10-14(6-5-7-14)8-12(19)20/h3-10H2,1-2H3,(H,19,20)(H2,15,16,21). The van der Waals surface area contributed by atoms with Crippen LogP contribution in [0.5, 0.6) is 0 Å². The molecule has 0 heterocycles. The van der Waals surface area contributed by atoms with Crippen molar-refractivity contribution in [2.75, 3.05) is 26.2 Å². The third-order valence-electron chi connectivity index (χ3n) is 4.08. The van der Waals surface area contributed by atoms with Crippen LogP contribution in [0.3, 0.4) is 0 Å². The number of carbonyl (C=O) groups is 3. The van der Waals surface area contributed by atoms with Crippen LogP contribution in [0, 0.1) is 5.41 Å². The van der Waals surface area contributed by atoms with Gasteiger partial charge in [0, 0.05) is 19.6 Å². The summed E-state index contributed by atoms with van der Waals surface area (Å²) in [4.78, 5) is 35.9. The van der Waals surface area contributed by atoms with E-state index in [1.54, 1.807) is 4.90 Å². The highest BCUT2D eigenvalue weighted by atomic mass is 16.4. The average Bonchev–Trinajstić information content (AvgIpc) is 2.40. The Hall–Kier alpha value is -1.79. The smallest absolute Gasteiger partial charge is 0.315 e. The van der Waals surface area contributed by atoms with Crippen molar-refractivity contribution in [3.63, 3.8) is 0 Å². The summed E-state index contributed by atoms with van der Waals surface area (Å²) in [5.41, 5.74) is -0.313. The monoisotopic (exact) mass is 299 g/mol. The summed E-state index contributed by atoms with van der Waals surface area (Å²) in [7, 11) is 0. The maximum absolute atomic E-state index is 11.7. The van der Waals surface area contributed by atoms with Gasteiger partial charge in [0.1, 0.15) is 0 Å². The van der Waals surface area contributed by atoms with E-state index in [9.17, 15) is 14.4 Å². The lowest BCUT2D eigenvalue weighted by Gasteiger charge is -2.40. The Morgan fingerprint density at radius 3 is 2.19 bits per heavy atom. The molecule has 3 N–H and O–H groups in total. The Bertz CT molecular complexity index is 390. The number of nitrogens with one attached hydrogen (secondary N) is 2. The van der Waals surface area contributed by atoms with Crippen molar-refractivity contribution in [2.45, 2.75) is 39.5 Å². The zero-order valence-electron chi connectivity index (χ0n) is 12.8. The number of nitrogens with zero attached hydrogens (tertiary/aromatic N) is 1. The van der Waals surface area contributed by atoms with Crippen molar-refractivity contribution in [1.29, 1.82) is 0 Å². The molecule has 0 aromatic carbocycles. The van der Waals surface area contributed by atoms with E-state index in [2.05, 4.69) is 10.6 Å². The lowest BCUT2D eigenvalue weighted by atomic mass is 9.66. The molecule has 1 fully saturated rings. The molecule has 1 saturated carbocycles. The predicted octanol–water partition coefficient (Wildman–Crippen LogP) is 0.799. The van der Waals surface area contributed by atoms with E-state index in [1.165, 1.54) is 0 Å². The van der Waals surface area contributed by atoms with Gasteiger partial charge in [-0.25, -0.2) is 4.79 Å². The van der Waals surface area contributed by atoms with E-state index in [4.69, 9.17) is 5.11 Å². The van der Waals surface area contributed by atoms with E-state index < -0.39 is 12.0 Å². The molecule has 0 aromatic heterocycles. The van der Waals surface area contributed by atoms with Gasteiger partial charge in [-0.2, -0.15) is 0 Å². The molecule has 0 aliphatic heterocycles. The number of hydrogen-bond acceptors (Lipinski definition) is 3. The number of likely N-dealkylation sites (N-methyl/N-ethyl adjacent to an activating group) is 1. The zero-order chi connectivity index (χ0) is 15.9. The number of aliphatic carboxylic acids is 1. The summed E-state index contributed by atoms with van der Waals surface area (Å²) in [6, 6.07) is -0.424. The summed E-state index contributed by atoms with van der Waals surface area (Å²) in [5, 5.41) is 14.1. The number of urea groups is 1. The number of rotatable bonds is 8. The molecule has 120 valence electrons. The Morgan fingerprint density at radius 2 is 1.76 bits per heavy atom. The van der Waals surface area contributed by atoms with Crippen LogP contribution in [0.2, 0.25) is 0 Å². The molecule has 0 aromatic rings. The minimum atomic E-state index is -0.839. The van der Waals surface area contributed by atoms with Crippen LogP contribution in [-0.2, 0) is 9.59 Å². The molecule has 0 saturated heterocycles. The number of amides is 3. The highest BCUT2D eigenvalue weighted by Crippen LogP contribution is 2.43. The molecular formula is C14H25N3O4. The van der Waals surface area contributed by atoms with Gasteiger partial charge >= 0.3 is 12.0 Å². The maximum atomic E-state index is 11.7. The first-order valence-electron chi connectivity index (χ1n) is 7.43. The van der Waals surface area contributed by atoms with E-state index in [-0.39, 0.29) is 24.3 Å². The number of carboxylic acids is 1. The second-order valence-electron chi connectivity index (χ2n) is 5.53. The van der Waals surface area contributed by atoms with Gasteiger partial charge in [0.25, 0.3) is 0 Å². The highest BCUT2D eigenvalue weighted by Gasteiger charge is 2.39. The van der Waals surface area contributed by atoms with E-state index in [1.807, 2.05) is 13.8 Å². The lowest BCUT2D eigenvalue weighted by molar-refractivity contribution is -0.141. The average molecular weight is 299 g/mol. The lowest BCUT2D eigenvalue weighted by Crippen LogP contribution is -2.48. The number of hydrogen-bond donors (Lipinski definition) is 3. The first-order chi connectivity index (χ1) is 9.92. The third kappa shape index (κ3) is 5.24. The van der Waals surface area contributed by atoms with E-state index in [0.717, 1.165) is 19.3 Å². The first-order valence-corrected chi connectivity index (χ1v) is 7.43. The Balaban J connectivity index is 2.30. The third-order valence-corrected chi connectivity index (χ3v) is 4.08. The molecule has 0 unspecified atom stereocenters. The molecular weight excluding hydrogens is 274 g/mol. The van der Waals surface area contributed by atoms with Crippen molar-refractivity contribution in [3.05, 3.63) is 0 Å². The molecule has 1 aliphatic rings. The second-order valence-corrected chi connectivity index (χ2v) is 5.53. The highest BCUT2D eigenvalue weighted by molar-refractivity contribution is 5.84. The fraction of sp³-hybridized carbons (Fsp3) is 0.786. The molecule has 3 amide bonds. The minimum absolute atomic E-state index is 0.0422. The fourth-order valence-electron chi connectivity index (χ4n) is 2.59. The normalized spacial score (nSPS) is 15.7. The maximum Gasteiger partial charge on any atom is 0.315 e. The summed E-state index contributed by atoms with van der Waals surface area (Å²) in [6.45, 7) is 5.28. The van der Waals surface area contributed by atoms with Gasteiger partial charge < -0.3 is 20.6 Å². The van der Waals surface area contributed by atoms with Gasteiger partial charge in [0.05, 0.1) is 13.0 Å². The summed E-state index contributed by atoms with van der Waals surface area (Å²) in [6.07, 6.45) is 2.71. The minimum Gasteiger partial charge on any atom is -0.481 e. The predicted molar refractivity (Wildman–Crippen MR) is 77.9 cm³/mol. The summed E-state index contributed by atoms with van der Waals surface area (Å²) < 4.78 is 0. The van der Waals surface area contributed by atoms with Crippen molar-refractivity contribution >= 4 is 17.9 Å². The molecule has 21 heavy (non-hydrogen) atoms.